The third kappa shape index (κ3) is 5.32. The van der Waals surface area contributed by atoms with E-state index in [1.807, 2.05) is 4.90 Å². The van der Waals surface area contributed by atoms with Gasteiger partial charge in [-0.2, -0.15) is 4.99 Å². The summed E-state index contributed by atoms with van der Waals surface area (Å²) in [6.07, 6.45) is 0.722. The molecular weight excluding hydrogens is 407 g/mol. The molecule has 0 aliphatic carbocycles. The zero-order valence-electron chi connectivity index (χ0n) is 15.1. The molecule has 0 saturated carbocycles. The third-order valence-electron chi connectivity index (χ3n) is 4.73. The fourth-order valence-electron chi connectivity index (χ4n) is 3.35. The number of aliphatic imine (C=N–C) groups is 1. The maximum atomic E-state index is 13.1. The summed E-state index contributed by atoms with van der Waals surface area (Å²) in [5.41, 5.74) is 0.905. The van der Waals surface area contributed by atoms with Crippen molar-refractivity contribution in [2.45, 2.75) is 37.0 Å². The van der Waals surface area contributed by atoms with Crippen LogP contribution in [0.4, 0.5) is 4.39 Å². The molecule has 2 atom stereocenters. The van der Waals surface area contributed by atoms with Crippen LogP contribution < -0.4 is 0 Å². The van der Waals surface area contributed by atoms with Gasteiger partial charge in [0.05, 0.1) is 17.5 Å². The number of amidine groups is 1. The molecule has 2 aliphatic rings. The van der Waals surface area contributed by atoms with Gasteiger partial charge in [0.1, 0.15) is 5.82 Å². The zero-order valence-corrected chi connectivity index (χ0v) is 16.7. The molecule has 152 valence electrons. The summed E-state index contributed by atoms with van der Waals surface area (Å²) in [5, 5.41) is 9.00. The summed E-state index contributed by atoms with van der Waals surface area (Å²) in [5.74, 6) is -1.60. The normalized spacial score (nSPS) is 24.5. The first-order valence-corrected chi connectivity index (χ1v) is 11.6. The Morgan fingerprint density at radius 1 is 1.21 bits per heavy atom. The molecule has 2 fully saturated rings. The Hall–Kier alpha value is -1.94. The van der Waals surface area contributed by atoms with Gasteiger partial charge in [-0.05, 0) is 30.5 Å². The Bertz CT molecular complexity index is 886. The number of hydrogen-bond donors (Lipinski definition) is 1. The van der Waals surface area contributed by atoms with E-state index >= 15 is 0 Å². The predicted molar refractivity (Wildman–Crippen MR) is 105 cm³/mol. The van der Waals surface area contributed by atoms with Crippen molar-refractivity contribution in [1.82, 2.24) is 4.90 Å². The van der Waals surface area contributed by atoms with Crippen LogP contribution in [-0.4, -0.2) is 64.8 Å². The minimum atomic E-state index is -3.12. The SMILES string of the molecule is O=C(O)CCCC(=O)N=C1S[C@@H]2CS(=O)(=O)C[C@H]2N1CCc1ccc(F)cc1. The maximum absolute atomic E-state index is 13.1. The molecule has 0 aromatic heterocycles. The molecule has 1 aromatic rings. The van der Waals surface area contributed by atoms with Crippen molar-refractivity contribution in [3.8, 4) is 0 Å². The summed E-state index contributed by atoms with van der Waals surface area (Å²) >= 11 is 1.30. The summed E-state index contributed by atoms with van der Waals surface area (Å²) < 4.78 is 37.1. The lowest BCUT2D eigenvalue weighted by Gasteiger charge is -2.24. The number of aliphatic carboxylic acids is 1. The van der Waals surface area contributed by atoms with E-state index in [9.17, 15) is 22.4 Å². The average molecular weight is 429 g/mol. The molecule has 7 nitrogen and oxygen atoms in total. The lowest BCUT2D eigenvalue weighted by molar-refractivity contribution is -0.137. The standard InChI is InChI=1S/C18H21FN2O5S2/c19-13-6-4-12(5-7-13)8-9-21-14-10-28(25,26)11-15(14)27-18(21)20-16(22)2-1-3-17(23)24/h4-7,14-15H,1-3,8-11H2,(H,23,24)/t14-,15-/m1/s1. The van der Waals surface area contributed by atoms with Crippen molar-refractivity contribution in [2.75, 3.05) is 18.1 Å². The van der Waals surface area contributed by atoms with Crippen LogP contribution in [0.15, 0.2) is 29.3 Å². The Labute approximate surface area is 166 Å². The quantitative estimate of drug-likeness (QED) is 0.705. The number of carbonyl (C=O) groups is 2. The zero-order chi connectivity index (χ0) is 20.3. The Morgan fingerprint density at radius 3 is 2.61 bits per heavy atom. The fraction of sp³-hybridized carbons (Fsp3) is 0.500. The van der Waals surface area contributed by atoms with Crippen molar-refractivity contribution in [3.63, 3.8) is 0 Å². The van der Waals surface area contributed by atoms with Gasteiger partial charge in [0.15, 0.2) is 15.0 Å². The van der Waals surface area contributed by atoms with Crippen molar-refractivity contribution in [1.29, 1.82) is 0 Å². The number of rotatable bonds is 7. The number of carboxylic acids is 1. The second kappa shape index (κ2) is 8.60. The molecule has 0 radical (unpaired) electrons. The van der Waals surface area contributed by atoms with Crippen LogP contribution in [0.2, 0.25) is 0 Å². The number of nitrogens with zero attached hydrogens (tertiary/aromatic N) is 2. The molecule has 2 aliphatic heterocycles. The monoisotopic (exact) mass is 428 g/mol. The maximum Gasteiger partial charge on any atom is 0.303 e. The average Bonchev–Trinajstić information content (AvgIpc) is 3.05. The van der Waals surface area contributed by atoms with Crippen LogP contribution in [0.5, 0.6) is 0 Å². The number of hydrogen-bond acceptors (Lipinski definition) is 5. The first-order chi connectivity index (χ1) is 13.2. The highest BCUT2D eigenvalue weighted by Crippen LogP contribution is 2.38. The number of sulfone groups is 1. The van der Waals surface area contributed by atoms with Crippen LogP contribution in [0.25, 0.3) is 0 Å². The number of fused-ring (bicyclic) bond motifs is 1. The summed E-state index contributed by atoms with van der Waals surface area (Å²) in [6, 6.07) is 5.86. The van der Waals surface area contributed by atoms with Crippen LogP contribution in [0.1, 0.15) is 24.8 Å². The lowest BCUT2D eigenvalue weighted by Crippen LogP contribution is -2.39. The van der Waals surface area contributed by atoms with Gasteiger partial charge in [-0.3, -0.25) is 9.59 Å². The van der Waals surface area contributed by atoms with Gasteiger partial charge >= 0.3 is 5.97 Å². The summed E-state index contributed by atoms with van der Waals surface area (Å²) in [6.45, 7) is 0.469. The minimum Gasteiger partial charge on any atom is -0.481 e. The second-order valence-corrected chi connectivity index (χ2v) is 10.3. The predicted octanol–water partition coefficient (Wildman–Crippen LogP) is 1.72. The van der Waals surface area contributed by atoms with Crippen molar-refractivity contribution in [3.05, 3.63) is 35.6 Å². The van der Waals surface area contributed by atoms with Gasteiger partial charge in [0.25, 0.3) is 0 Å². The first kappa shape index (κ1) is 20.8. The molecule has 28 heavy (non-hydrogen) atoms. The first-order valence-electron chi connectivity index (χ1n) is 8.95. The topological polar surface area (TPSA) is 104 Å². The number of halogens is 1. The third-order valence-corrected chi connectivity index (χ3v) is 7.98. The largest absolute Gasteiger partial charge is 0.481 e. The van der Waals surface area contributed by atoms with E-state index in [4.69, 9.17) is 5.11 Å². The molecule has 3 rings (SSSR count). The van der Waals surface area contributed by atoms with E-state index in [0.29, 0.717) is 18.1 Å². The molecule has 10 heteroatoms. The van der Waals surface area contributed by atoms with E-state index in [-0.39, 0.29) is 47.9 Å². The van der Waals surface area contributed by atoms with Crippen LogP contribution in [0.3, 0.4) is 0 Å². The molecule has 0 bridgehead atoms. The molecule has 0 unspecified atom stereocenters. The Balaban J connectivity index is 1.70. The van der Waals surface area contributed by atoms with Gasteiger partial charge in [0.2, 0.25) is 5.91 Å². The van der Waals surface area contributed by atoms with Gasteiger partial charge < -0.3 is 10.0 Å². The fourth-order valence-corrected chi connectivity index (χ4v) is 7.35. The number of amides is 1. The molecule has 1 aromatic carbocycles. The molecule has 0 spiro atoms. The van der Waals surface area contributed by atoms with Gasteiger partial charge in [-0.15, -0.1) is 0 Å². The van der Waals surface area contributed by atoms with Gasteiger partial charge in [-0.25, -0.2) is 12.8 Å². The lowest BCUT2D eigenvalue weighted by atomic mass is 10.1. The molecule has 2 saturated heterocycles. The second-order valence-electron chi connectivity index (χ2n) is 6.91. The van der Waals surface area contributed by atoms with E-state index in [0.717, 1.165) is 5.56 Å². The molecule has 1 N–H and O–H groups in total. The van der Waals surface area contributed by atoms with Gasteiger partial charge in [0, 0.05) is 24.6 Å². The van der Waals surface area contributed by atoms with Crippen LogP contribution in [0, 0.1) is 5.82 Å². The smallest absolute Gasteiger partial charge is 0.303 e. The van der Waals surface area contributed by atoms with E-state index < -0.39 is 21.7 Å². The highest BCUT2D eigenvalue weighted by molar-refractivity contribution is 8.15. The number of carbonyl (C=O) groups excluding carboxylic acids is 1. The summed E-state index contributed by atoms with van der Waals surface area (Å²) in [7, 11) is -3.12. The van der Waals surface area contributed by atoms with E-state index in [1.165, 1.54) is 23.9 Å². The number of carboxylic acid groups (broad SMARTS) is 1. The van der Waals surface area contributed by atoms with Crippen molar-refractivity contribution in [2.24, 2.45) is 4.99 Å². The number of thioether (sulfide) groups is 1. The van der Waals surface area contributed by atoms with Crippen LogP contribution >= 0.6 is 11.8 Å². The summed E-state index contributed by atoms with van der Waals surface area (Å²) in [4.78, 5) is 28.7. The Morgan fingerprint density at radius 2 is 1.93 bits per heavy atom. The molecule has 2 heterocycles. The Kier molecular flexibility index (Phi) is 6.39. The van der Waals surface area contributed by atoms with Crippen LogP contribution in [-0.2, 0) is 25.8 Å². The minimum absolute atomic E-state index is 0.0281. The van der Waals surface area contributed by atoms with Crippen molar-refractivity contribution < 1.29 is 27.5 Å². The van der Waals surface area contributed by atoms with E-state index in [2.05, 4.69) is 4.99 Å². The molecular formula is C18H21FN2O5S2. The number of benzene rings is 1. The van der Waals surface area contributed by atoms with E-state index in [1.54, 1.807) is 12.1 Å². The highest BCUT2D eigenvalue weighted by atomic mass is 32.2. The van der Waals surface area contributed by atoms with Gasteiger partial charge in [-0.1, -0.05) is 23.9 Å². The van der Waals surface area contributed by atoms with Crippen molar-refractivity contribution >= 4 is 38.6 Å². The highest BCUT2D eigenvalue weighted by Gasteiger charge is 2.48. The molecule has 1 amide bonds.